The average Bonchev–Trinajstić information content (AvgIpc) is 2.28. The lowest BCUT2D eigenvalue weighted by Crippen LogP contribution is -2.14. The van der Waals surface area contributed by atoms with Crippen LogP contribution in [0, 0.1) is 12.8 Å². The number of benzene rings is 1. The van der Waals surface area contributed by atoms with Crippen molar-refractivity contribution in [1.82, 2.24) is 0 Å². The third-order valence-corrected chi connectivity index (χ3v) is 3.23. The van der Waals surface area contributed by atoms with Gasteiger partial charge in [0.05, 0.1) is 5.69 Å². The lowest BCUT2D eigenvalue weighted by molar-refractivity contribution is 0.500. The molecule has 16 heavy (non-hydrogen) atoms. The molecule has 0 aliphatic heterocycles. The fourth-order valence-electron chi connectivity index (χ4n) is 2.20. The lowest BCUT2D eigenvalue weighted by atomic mass is 9.89. The Kier molecular flexibility index (Phi) is 3.60. The summed E-state index contributed by atoms with van der Waals surface area (Å²) in [5, 5.41) is 4.53. The minimum absolute atomic E-state index is 0.797. The molecule has 1 aromatic carbocycles. The molecule has 2 nitrogen and oxygen atoms in total. The topological polar surface area (TPSA) is 24.4 Å². The van der Waals surface area contributed by atoms with E-state index in [1.807, 2.05) is 6.07 Å². The van der Waals surface area contributed by atoms with Crippen LogP contribution in [0.25, 0.3) is 0 Å². The van der Waals surface area contributed by atoms with Gasteiger partial charge in [-0.3, -0.25) is 5.43 Å². The summed E-state index contributed by atoms with van der Waals surface area (Å²) in [6.45, 7) is 4.41. The third-order valence-electron chi connectivity index (χ3n) is 3.23. The van der Waals surface area contributed by atoms with Gasteiger partial charge in [0.15, 0.2) is 0 Å². The summed E-state index contributed by atoms with van der Waals surface area (Å²) in [4.78, 5) is 0. The number of nitrogens with one attached hydrogen (secondary N) is 1. The molecule has 1 aromatic rings. The number of aryl methyl sites for hydroxylation is 1. The minimum Gasteiger partial charge on any atom is -0.278 e. The van der Waals surface area contributed by atoms with Gasteiger partial charge in [0.25, 0.3) is 0 Å². The van der Waals surface area contributed by atoms with Gasteiger partial charge in [-0.2, -0.15) is 5.10 Å². The first-order valence-corrected chi connectivity index (χ1v) is 6.13. The molecule has 1 saturated carbocycles. The fourth-order valence-corrected chi connectivity index (χ4v) is 2.20. The molecule has 1 aliphatic rings. The Balaban J connectivity index is 2.00. The molecule has 1 N–H and O–H groups in total. The molecule has 2 heteroatoms. The van der Waals surface area contributed by atoms with Gasteiger partial charge in [0, 0.05) is 5.71 Å². The maximum absolute atomic E-state index is 4.53. The molecular formula is C14H20N2. The summed E-state index contributed by atoms with van der Waals surface area (Å²) < 4.78 is 0. The van der Waals surface area contributed by atoms with Gasteiger partial charge in [0.2, 0.25) is 0 Å². The lowest BCUT2D eigenvalue weighted by Gasteiger charge is -2.19. The monoisotopic (exact) mass is 216 g/mol. The molecule has 0 saturated heterocycles. The van der Waals surface area contributed by atoms with Crippen molar-refractivity contribution < 1.29 is 0 Å². The van der Waals surface area contributed by atoms with Crippen LogP contribution in [0.1, 0.15) is 38.2 Å². The Labute approximate surface area is 97.8 Å². The van der Waals surface area contributed by atoms with E-state index in [0.29, 0.717) is 0 Å². The Hall–Kier alpha value is -1.31. The maximum Gasteiger partial charge on any atom is 0.0590 e. The molecule has 0 aromatic heterocycles. The van der Waals surface area contributed by atoms with Crippen LogP contribution in [0.2, 0.25) is 0 Å². The average molecular weight is 216 g/mol. The van der Waals surface area contributed by atoms with E-state index < -0.39 is 0 Å². The first-order valence-electron chi connectivity index (χ1n) is 6.13. The zero-order valence-corrected chi connectivity index (χ0v) is 10.2. The standard InChI is InChI=1S/C14H20N2/c1-11-6-5-8-13(10-11)15-16-14-9-4-3-7-12(14)2/h3-4,7,9,11,16H,5-6,8,10H2,1-2H3/b15-13-/t11-/m0/s1. The molecule has 0 radical (unpaired) electrons. The number of hydrazone groups is 1. The number of hydrogen-bond acceptors (Lipinski definition) is 2. The van der Waals surface area contributed by atoms with Crippen molar-refractivity contribution in [2.75, 3.05) is 5.43 Å². The van der Waals surface area contributed by atoms with Crippen LogP contribution in [-0.4, -0.2) is 5.71 Å². The van der Waals surface area contributed by atoms with Gasteiger partial charge in [-0.25, -0.2) is 0 Å². The second-order valence-corrected chi connectivity index (χ2v) is 4.81. The Morgan fingerprint density at radius 2 is 2.12 bits per heavy atom. The molecule has 2 rings (SSSR count). The highest BCUT2D eigenvalue weighted by Crippen LogP contribution is 2.22. The van der Waals surface area contributed by atoms with Crippen molar-refractivity contribution in [1.29, 1.82) is 0 Å². The van der Waals surface area contributed by atoms with Crippen LogP contribution in [0.3, 0.4) is 0 Å². The van der Waals surface area contributed by atoms with E-state index in [1.165, 1.54) is 24.1 Å². The van der Waals surface area contributed by atoms with Crippen LogP contribution in [0.15, 0.2) is 29.4 Å². The maximum atomic E-state index is 4.53. The SMILES string of the molecule is Cc1ccccc1N/N=C1/CCC[C@H](C)C1. The molecule has 0 amide bonds. The molecular weight excluding hydrogens is 196 g/mol. The van der Waals surface area contributed by atoms with Crippen LogP contribution in [0.4, 0.5) is 5.69 Å². The first-order chi connectivity index (χ1) is 7.75. The van der Waals surface area contributed by atoms with Crippen molar-refractivity contribution in [3.8, 4) is 0 Å². The molecule has 0 bridgehead atoms. The van der Waals surface area contributed by atoms with Gasteiger partial charge in [-0.15, -0.1) is 0 Å². The minimum atomic E-state index is 0.797. The van der Waals surface area contributed by atoms with Gasteiger partial charge in [0.1, 0.15) is 0 Å². The zero-order valence-electron chi connectivity index (χ0n) is 10.2. The van der Waals surface area contributed by atoms with Gasteiger partial charge >= 0.3 is 0 Å². The van der Waals surface area contributed by atoms with E-state index in [1.54, 1.807) is 0 Å². The van der Waals surface area contributed by atoms with Gasteiger partial charge < -0.3 is 0 Å². The summed E-state index contributed by atoms with van der Waals surface area (Å²) in [6, 6.07) is 8.27. The smallest absolute Gasteiger partial charge is 0.0590 e. The molecule has 86 valence electrons. The van der Waals surface area contributed by atoms with Crippen LogP contribution < -0.4 is 5.43 Å². The van der Waals surface area contributed by atoms with Gasteiger partial charge in [-0.05, 0) is 50.2 Å². The van der Waals surface area contributed by atoms with Crippen molar-refractivity contribution >= 4 is 11.4 Å². The molecule has 1 aliphatic carbocycles. The number of hydrogen-bond donors (Lipinski definition) is 1. The molecule has 0 heterocycles. The van der Waals surface area contributed by atoms with Crippen LogP contribution in [0.5, 0.6) is 0 Å². The Morgan fingerprint density at radius 3 is 2.88 bits per heavy atom. The normalized spacial score (nSPS) is 23.4. The van der Waals surface area contributed by atoms with E-state index in [4.69, 9.17) is 0 Å². The summed E-state index contributed by atoms with van der Waals surface area (Å²) in [5.74, 6) is 0.797. The second-order valence-electron chi connectivity index (χ2n) is 4.81. The van der Waals surface area contributed by atoms with E-state index in [-0.39, 0.29) is 0 Å². The highest BCUT2D eigenvalue weighted by atomic mass is 15.3. The summed E-state index contributed by atoms with van der Waals surface area (Å²) in [6.07, 6.45) is 4.95. The highest BCUT2D eigenvalue weighted by Gasteiger charge is 2.13. The van der Waals surface area contributed by atoms with Crippen molar-refractivity contribution in [2.24, 2.45) is 11.0 Å². The summed E-state index contributed by atoms with van der Waals surface area (Å²) in [7, 11) is 0. The third kappa shape index (κ3) is 2.84. The summed E-state index contributed by atoms with van der Waals surface area (Å²) in [5.41, 5.74) is 6.88. The molecule has 0 spiro atoms. The van der Waals surface area contributed by atoms with Crippen molar-refractivity contribution in [3.05, 3.63) is 29.8 Å². The predicted octanol–water partition coefficient (Wildman–Crippen LogP) is 3.97. The number of para-hydroxylation sites is 1. The van der Waals surface area contributed by atoms with Crippen molar-refractivity contribution in [2.45, 2.75) is 39.5 Å². The summed E-state index contributed by atoms with van der Waals surface area (Å²) >= 11 is 0. The number of nitrogens with zero attached hydrogens (tertiary/aromatic N) is 1. The van der Waals surface area contributed by atoms with E-state index in [0.717, 1.165) is 24.4 Å². The van der Waals surface area contributed by atoms with Crippen LogP contribution >= 0.6 is 0 Å². The van der Waals surface area contributed by atoms with E-state index in [2.05, 4.69) is 42.6 Å². The molecule has 1 fully saturated rings. The second kappa shape index (κ2) is 5.15. The fraction of sp³-hybridized carbons (Fsp3) is 0.500. The van der Waals surface area contributed by atoms with Gasteiger partial charge in [-0.1, -0.05) is 25.1 Å². The highest BCUT2D eigenvalue weighted by molar-refractivity contribution is 5.86. The molecule has 0 unspecified atom stereocenters. The quantitative estimate of drug-likeness (QED) is 0.743. The van der Waals surface area contributed by atoms with Crippen LogP contribution in [-0.2, 0) is 0 Å². The largest absolute Gasteiger partial charge is 0.278 e. The Bertz CT molecular complexity index is 382. The number of rotatable bonds is 2. The zero-order chi connectivity index (χ0) is 11.4. The van der Waals surface area contributed by atoms with Crippen molar-refractivity contribution in [3.63, 3.8) is 0 Å². The Morgan fingerprint density at radius 1 is 1.31 bits per heavy atom. The predicted molar refractivity (Wildman–Crippen MR) is 69.9 cm³/mol. The molecule has 1 atom stereocenters. The first kappa shape index (κ1) is 11.2. The van der Waals surface area contributed by atoms with E-state index in [9.17, 15) is 0 Å². The van der Waals surface area contributed by atoms with E-state index >= 15 is 0 Å². The number of anilines is 1.